The third-order valence-corrected chi connectivity index (χ3v) is 0. The summed E-state index contributed by atoms with van der Waals surface area (Å²) in [6.07, 6.45) is 0. The van der Waals surface area contributed by atoms with E-state index in [1.165, 1.54) is 0 Å². The number of hydrogen-bond donors (Lipinski definition) is 0. The van der Waals surface area contributed by atoms with Gasteiger partial charge in [0.15, 0.2) is 0 Å². The van der Waals surface area contributed by atoms with Crippen LogP contribution in [0, 0.1) is 0 Å². The van der Waals surface area contributed by atoms with Gasteiger partial charge in [0.2, 0.25) is 0 Å². The Morgan fingerprint density at radius 3 is 0.500 bits per heavy atom. The van der Waals surface area contributed by atoms with Gasteiger partial charge < -0.3 is 43.3 Å². The number of rotatable bonds is 0. The zero-order chi connectivity index (χ0) is 0. The topological polar surface area (TPSA) is 100 Å². The van der Waals surface area contributed by atoms with E-state index in [0.717, 1.165) is 0 Å². The van der Waals surface area contributed by atoms with Crippen molar-refractivity contribution in [2.24, 2.45) is 0 Å². The van der Waals surface area contributed by atoms with Crippen LogP contribution in [0.1, 0.15) is 0 Å². The van der Waals surface area contributed by atoms with E-state index in [-0.39, 0.29) is 64.3 Å². The van der Waals surface area contributed by atoms with Gasteiger partial charge in [0.1, 0.15) is 0 Å². The summed E-state index contributed by atoms with van der Waals surface area (Å²) in [5, 5.41) is 0. The van der Waals surface area contributed by atoms with Crippen molar-refractivity contribution < 1.29 is 45.9 Å². The van der Waals surface area contributed by atoms with E-state index in [4.69, 9.17) is 0 Å². The molecule has 0 heterocycles. The Morgan fingerprint density at radius 2 is 0.500 bits per heavy atom. The van der Waals surface area contributed by atoms with Gasteiger partial charge in [0, 0.05) is 0 Å². The van der Waals surface area contributed by atoms with Crippen LogP contribution in [0.5, 0.6) is 0 Å². The van der Waals surface area contributed by atoms with Crippen LogP contribution in [-0.2, 0) is 21.1 Å². The molecule has 0 unspecified atom stereocenters. The van der Waals surface area contributed by atoms with Gasteiger partial charge in [0.05, 0.1) is 0 Å². The maximum atomic E-state index is 0. The van der Waals surface area contributed by atoms with Gasteiger partial charge in [-0.15, -0.1) is 0 Å². The van der Waals surface area contributed by atoms with E-state index >= 15 is 0 Å². The zero-order valence-corrected chi connectivity index (χ0v) is 6.59. The SMILES string of the molecule is [Cl-].[Cl-].[NH2-].[NH2-].[NH2-].[Pt+2]. The van der Waals surface area contributed by atoms with E-state index in [1.54, 1.807) is 0 Å². The first kappa shape index (κ1) is 205. The van der Waals surface area contributed by atoms with Gasteiger partial charge in [0.25, 0.3) is 0 Å². The Hall–Kier alpha value is 1.15. The molecule has 0 aliphatic heterocycles. The minimum Gasteiger partial charge on any atom is -1.00 e. The summed E-state index contributed by atoms with van der Waals surface area (Å²) in [7, 11) is 0. The molecule has 0 spiro atoms. The van der Waals surface area contributed by atoms with Crippen LogP contribution in [0.2, 0.25) is 0 Å². The monoisotopic (exact) mass is 313 g/mol. The van der Waals surface area contributed by atoms with Crippen LogP contribution in [0.4, 0.5) is 0 Å². The molecule has 0 aliphatic carbocycles. The molecule has 0 rings (SSSR count). The van der Waals surface area contributed by atoms with E-state index in [0.29, 0.717) is 0 Å². The molecular weight excluding hydrogens is 308 g/mol. The first-order chi connectivity index (χ1) is 0. The molecule has 0 aromatic carbocycles. The molecule has 0 amide bonds. The van der Waals surface area contributed by atoms with Crippen molar-refractivity contribution >= 4 is 0 Å². The molecule has 0 aromatic rings. The molecule has 0 saturated heterocycles. The first-order valence-electron chi connectivity index (χ1n) is 0. The number of halogens is 2. The number of nitrogens with two attached hydrogens (primary N) is 3. The summed E-state index contributed by atoms with van der Waals surface area (Å²) in [5.41, 5.74) is 0. The van der Waals surface area contributed by atoms with Gasteiger partial charge in [-0.1, -0.05) is 0 Å². The predicted octanol–water partition coefficient (Wildman–Crippen LogP) is -3.84. The molecule has 6 N–H and O–H groups in total. The standard InChI is InChI=1S/2ClH.3H2N.Pt/h2*1H;3*1H2;/q;;3*-1;+2/p-2. The van der Waals surface area contributed by atoms with Gasteiger partial charge in [-0.05, 0) is 0 Å². The van der Waals surface area contributed by atoms with Gasteiger partial charge in [-0.3, -0.25) is 0 Å². The normalized spacial score (nSPS) is 0. The maximum Gasteiger partial charge on any atom is 2.00 e. The molecule has 0 radical (unpaired) electrons. The van der Waals surface area contributed by atoms with Crippen molar-refractivity contribution in [1.29, 1.82) is 0 Å². The minimum absolute atomic E-state index is 0. The summed E-state index contributed by atoms with van der Waals surface area (Å²) >= 11 is 0. The zero-order valence-electron chi connectivity index (χ0n) is 2.80. The Balaban J connectivity index is 0. The second-order valence-electron chi connectivity index (χ2n) is 0. The van der Waals surface area contributed by atoms with Crippen molar-refractivity contribution in [2.75, 3.05) is 0 Å². The fourth-order valence-corrected chi connectivity index (χ4v) is 0. The molecule has 0 bridgehead atoms. The summed E-state index contributed by atoms with van der Waals surface area (Å²) in [6, 6.07) is 0. The summed E-state index contributed by atoms with van der Waals surface area (Å²) < 4.78 is 0. The third kappa shape index (κ3) is 67.2. The van der Waals surface area contributed by atoms with Crippen molar-refractivity contribution in [1.82, 2.24) is 0 Å². The Bertz CT molecular complexity index is 8.75. The van der Waals surface area contributed by atoms with Gasteiger partial charge in [-0.25, -0.2) is 0 Å². The largest absolute Gasteiger partial charge is 2.00 e. The molecule has 0 atom stereocenters. The van der Waals surface area contributed by atoms with Gasteiger partial charge in [-0.2, -0.15) is 0 Å². The average Bonchev–Trinajstić information content (AvgIpc) is 0. The smallest absolute Gasteiger partial charge is 1.00 e. The van der Waals surface area contributed by atoms with Crippen molar-refractivity contribution in [3.63, 3.8) is 0 Å². The van der Waals surface area contributed by atoms with Crippen LogP contribution < -0.4 is 24.8 Å². The summed E-state index contributed by atoms with van der Waals surface area (Å²) in [6.45, 7) is 0. The summed E-state index contributed by atoms with van der Waals surface area (Å²) in [5.74, 6) is 0. The van der Waals surface area contributed by atoms with Crippen LogP contribution in [-0.4, -0.2) is 0 Å². The Morgan fingerprint density at radius 1 is 0.500 bits per heavy atom. The van der Waals surface area contributed by atoms with Crippen molar-refractivity contribution in [3.05, 3.63) is 18.5 Å². The second-order valence-corrected chi connectivity index (χ2v) is 0. The van der Waals surface area contributed by atoms with E-state index in [1.807, 2.05) is 0 Å². The van der Waals surface area contributed by atoms with Gasteiger partial charge >= 0.3 is 21.1 Å². The van der Waals surface area contributed by atoms with E-state index in [2.05, 4.69) is 0 Å². The molecule has 6 heavy (non-hydrogen) atoms. The van der Waals surface area contributed by atoms with Crippen LogP contribution in [0.25, 0.3) is 18.5 Å². The Kier molecular flexibility index (Phi) is 4220. The molecule has 0 fully saturated rings. The minimum atomic E-state index is 0. The molecule has 6 heteroatoms. The average molecular weight is 314 g/mol. The van der Waals surface area contributed by atoms with Crippen LogP contribution in [0.3, 0.4) is 0 Å². The first-order valence-corrected chi connectivity index (χ1v) is 0. The predicted molar refractivity (Wildman–Crippen MR) is 15.9 cm³/mol. The molecule has 3 nitrogen and oxygen atoms in total. The number of hydrogen-bond acceptors (Lipinski definition) is 0. The van der Waals surface area contributed by atoms with E-state index in [9.17, 15) is 0 Å². The summed E-state index contributed by atoms with van der Waals surface area (Å²) in [4.78, 5) is 0. The molecular formula is H6Cl2N3Pt-3. The third-order valence-electron chi connectivity index (χ3n) is 0. The van der Waals surface area contributed by atoms with Crippen LogP contribution >= 0.6 is 0 Å². The molecule has 0 saturated carbocycles. The Labute approximate surface area is 64.5 Å². The van der Waals surface area contributed by atoms with Crippen molar-refractivity contribution in [2.45, 2.75) is 0 Å². The van der Waals surface area contributed by atoms with Crippen molar-refractivity contribution in [3.8, 4) is 0 Å². The van der Waals surface area contributed by atoms with Crippen LogP contribution in [0.15, 0.2) is 0 Å². The fraction of sp³-hybridized carbons (Fsp3) is 0. The molecule has 0 aliphatic rings. The quantitative estimate of drug-likeness (QED) is 0.437. The van der Waals surface area contributed by atoms with E-state index < -0.39 is 0 Å². The molecule has 48 valence electrons. The maximum absolute atomic E-state index is 0. The molecule has 0 aromatic heterocycles. The fourth-order valence-electron chi connectivity index (χ4n) is 0. The second kappa shape index (κ2) is 124.